The van der Waals surface area contributed by atoms with Crippen molar-refractivity contribution >= 4 is 22.8 Å². The summed E-state index contributed by atoms with van der Waals surface area (Å²) in [6.45, 7) is 5.47. The number of nitrogens with zero attached hydrogens (tertiary/aromatic N) is 5. The minimum Gasteiger partial charge on any atom is -0.368 e. The number of amides is 1. The molecule has 4 aromatic rings. The van der Waals surface area contributed by atoms with Gasteiger partial charge in [-0.05, 0) is 44.0 Å². The summed E-state index contributed by atoms with van der Waals surface area (Å²) in [7, 11) is 1.52. The summed E-state index contributed by atoms with van der Waals surface area (Å²) in [6, 6.07) is 6.14. The standard InChI is InChI=1S/C19H20N6O3/c1-10-5-11(2)7-13(6-10)25-12(3)8-23-15-16(21-18(23)25)22(4)19(28)24(17(15)27)9-14(20)26/h5-8H,9H2,1-4H3,(H2,20,26). The highest BCUT2D eigenvalue weighted by Gasteiger charge is 2.21. The number of fused-ring (bicyclic) bond motifs is 3. The third-order valence-electron chi connectivity index (χ3n) is 4.80. The molecule has 0 fully saturated rings. The number of nitrogens with two attached hydrogens (primary N) is 1. The van der Waals surface area contributed by atoms with Crippen molar-refractivity contribution in [2.75, 3.05) is 0 Å². The number of aromatic nitrogens is 5. The number of hydrogen-bond donors (Lipinski definition) is 1. The van der Waals surface area contributed by atoms with Crippen LogP contribution in [0.5, 0.6) is 0 Å². The molecule has 28 heavy (non-hydrogen) atoms. The molecule has 0 aliphatic rings. The Hall–Kier alpha value is -3.62. The Labute approximate surface area is 159 Å². The number of rotatable bonds is 3. The van der Waals surface area contributed by atoms with E-state index in [9.17, 15) is 14.4 Å². The van der Waals surface area contributed by atoms with Crippen molar-refractivity contribution < 1.29 is 4.79 Å². The van der Waals surface area contributed by atoms with Gasteiger partial charge in [0.25, 0.3) is 5.56 Å². The fourth-order valence-electron chi connectivity index (χ4n) is 3.70. The fourth-order valence-corrected chi connectivity index (χ4v) is 3.70. The highest BCUT2D eigenvalue weighted by Crippen LogP contribution is 2.22. The molecular weight excluding hydrogens is 360 g/mol. The normalized spacial score (nSPS) is 11.6. The van der Waals surface area contributed by atoms with E-state index in [0.29, 0.717) is 5.78 Å². The van der Waals surface area contributed by atoms with E-state index < -0.39 is 23.7 Å². The summed E-state index contributed by atoms with van der Waals surface area (Å²) in [5.41, 5.74) is 8.46. The first-order valence-corrected chi connectivity index (χ1v) is 8.76. The summed E-state index contributed by atoms with van der Waals surface area (Å²) in [4.78, 5) is 41.3. The molecule has 3 aromatic heterocycles. The summed E-state index contributed by atoms with van der Waals surface area (Å²) in [6.07, 6.45) is 1.79. The lowest BCUT2D eigenvalue weighted by atomic mass is 10.1. The Kier molecular flexibility index (Phi) is 3.77. The molecule has 144 valence electrons. The molecule has 0 atom stereocenters. The van der Waals surface area contributed by atoms with Gasteiger partial charge in [-0.15, -0.1) is 0 Å². The first-order chi connectivity index (χ1) is 13.2. The first kappa shape index (κ1) is 17.8. The zero-order valence-electron chi connectivity index (χ0n) is 16.1. The van der Waals surface area contributed by atoms with Crippen LogP contribution in [0.1, 0.15) is 16.8 Å². The maximum absolute atomic E-state index is 12.9. The van der Waals surface area contributed by atoms with Gasteiger partial charge in [0.05, 0.1) is 0 Å². The van der Waals surface area contributed by atoms with Crippen molar-refractivity contribution in [2.45, 2.75) is 27.3 Å². The molecule has 1 amide bonds. The predicted octanol–water partition coefficient (Wildman–Crippen LogP) is 0.549. The number of benzene rings is 1. The second-order valence-electron chi connectivity index (χ2n) is 7.11. The van der Waals surface area contributed by atoms with Gasteiger partial charge in [0, 0.05) is 24.6 Å². The van der Waals surface area contributed by atoms with Crippen LogP contribution in [0.4, 0.5) is 0 Å². The van der Waals surface area contributed by atoms with Gasteiger partial charge < -0.3 is 5.73 Å². The Morgan fingerprint density at radius 1 is 1.11 bits per heavy atom. The average molecular weight is 380 g/mol. The van der Waals surface area contributed by atoms with Crippen molar-refractivity contribution in [3.8, 4) is 5.69 Å². The van der Waals surface area contributed by atoms with Gasteiger partial charge in [-0.2, -0.15) is 4.98 Å². The lowest BCUT2D eigenvalue weighted by Gasteiger charge is -2.08. The maximum atomic E-state index is 12.9. The highest BCUT2D eigenvalue weighted by atomic mass is 16.2. The molecule has 0 bridgehead atoms. The van der Waals surface area contributed by atoms with E-state index in [2.05, 4.69) is 11.1 Å². The van der Waals surface area contributed by atoms with E-state index >= 15 is 0 Å². The molecule has 0 aliphatic heterocycles. The van der Waals surface area contributed by atoms with Crippen LogP contribution in [0.25, 0.3) is 22.6 Å². The molecule has 9 heteroatoms. The highest BCUT2D eigenvalue weighted by molar-refractivity contribution is 5.78. The quantitative estimate of drug-likeness (QED) is 0.560. The van der Waals surface area contributed by atoms with Gasteiger partial charge in [-0.25, -0.2) is 9.36 Å². The van der Waals surface area contributed by atoms with E-state index in [1.54, 1.807) is 10.6 Å². The van der Waals surface area contributed by atoms with Gasteiger partial charge in [0.2, 0.25) is 11.7 Å². The van der Waals surface area contributed by atoms with E-state index in [4.69, 9.17) is 5.73 Å². The number of primary amides is 1. The van der Waals surface area contributed by atoms with Gasteiger partial charge in [0.1, 0.15) is 6.54 Å². The van der Waals surface area contributed by atoms with Crippen molar-refractivity contribution in [1.82, 2.24) is 23.1 Å². The first-order valence-electron chi connectivity index (χ1n) is 8.76. The van der Waals surface area contributed by atoms with Crippen molar-refractivity contribution in [3.63, 3.8) is 0 Å². The molecule has 3 heterocycles. The van der Waals surface area contributed by atoms with E-state index in [1.807, 2.05) is 37.5 Å². The molecule has 0 radical (unpaired) electrons. The van der Waals surface area contributed by atoms with Crippen molar-refractivity contribution in [2.24, 2.45) is 12.8 Å². The largest absolute Gasteiger partial charge is 0.368 e. The van der Waals surface area contributed by atoms with Crippen LogP contribution >= 0.6 is 0 Å². The monoisotopic (exact) mass is 380 g/mol. The molecule has 4 rings (SSSR count). The van der Waals surface area contributed by atoms with Crippen LogP contribution in [0.15, 0.2) is 34.0 Å². The number of hydrogen-bond acceptors (Lipinski definition) is 4. The van der Waals surface area contributed by atoms with Crippen LogP contribution < -0.4 is 17.0 Å². The SMILES string of the molecule is Cc1cc(C)cc(-n2c(C)cn3c4c(=O)n(CC(N)=O)c(=O)n(C)c4nc23)c1. The lowest BCUT2D eigenvalue weighted by Crippen LogP contribution is -2.42. The Morgan fingerprint density at radius 2 is 1.75 bits per heavy atom. The topological polar surface area (TPSA) is 109 Å². The van der Waals surface area contributed by atoms with Gasteiger partial charge >= 0.3 is 5.69 Å². The summed E-state index contributed by atoms with van der Waals surface area (Å²) >= 11 is 0. The third-order valence-corrected chi connectivity index (χ3v) is 4.80. The zero-order valence-corrected chi connectivity index (χ0v) is 16.1. The van der Waals surface area contributed by atoms with Crippen LogP contribution in [0.2, 0.25) is 0 Å². The summed E-state index contributed by atoms with van der Waals surface area (Å²) in [5.74, 6) is -0.246. The molecule has 9 nitrogen and oxygen atoms in total. The molecule has 2 N–H and O–H groups in total. The number of carbonyl (C=O) groups excluding carboxylic acids is 1. The predicted molar refractivity (Wildman–Crippen MR) is 105 cm³/mol. The molecule has 0 spiro atoms. The lowest BCUT2D eigenvalue weighted by molar-refractivity contribution is -0.118. The molecule has 1 aromatic carbocycles. The van der Waals surface area contributed by atoms with Crippen molar-refractivity contribution in [1.29, 1.82) is 0 Å². The molecule has 0 saturated carbocycles. The zero-order chi connectivity index (χ0) is 20.3. The second-order valence-corrected chi connectivity index (χ2v) is 7.11. The second kappa shape index (κ2) is 5.95. The van der Waals surface area contributed by atoms with E-state index in [1.165, 1.54) is 11.6 Å². The average Bonchev–Trinajstić information content (AvgIpc) is 3.10. The van der Waals surface area contributed by atoms with Crippen molar-refractivity contribution in [3.05, 3.63) is 62.1 Å². The van der Waals surface area contributed by atoms with E-state index in [-0.39, 0.29) is 11.2 Å². The minimum absolute atomic E-state index is 0.226. The van der Waals surface area contributed by atoms with E-state index in [0.717, 1.165) is 27.1 Å². The van der Waals surface area contributed by atoms with Gasteiger partial charge in [-0.3, -0.25) is 23.1 Å². The number of carbonyl (C=O) groups is 1. The van der Waals surface area contributed by atoms with Crippen LogP contribution in [0.3, 0.4) is 0 Å². The molecule has 0 unspecified atom stereocenters. The number of aryl methyl sites for hydroxylation is 4. The maximum Gasteiger partial charge on any atom is 0.332 e. The van der Waals surface area contributed by atoms with Gasteiger partial charge in [0.15, 0.2) is 11.2 Å². The Morgan fingerprint density at radius 3 is 2.36 bits per heavy atom. The fraction of sp³-hybridized carbons (Fsp3) is 0.263. The smallest absolute Gasteiger partial charge is 0.332 e. The third kappa shape index (κ3) is 2.47. The van der Waals surface area contributed by atoms with Crippen LogP contribution in [-0.4, -0.2) is 29.0 Å². The molecular formula is C19H20N6O3. The van der Waals surface area contributed by atoms with Crippen LogP contribution in [-0.2, 0) is 18.4 Å². The Balaban J connectivity index is 2.14. The van der Waals surface area contributed by atoms with Gasteiger partial charge in [-0.1, -0.05) is 6.07 Å². The summed E-state index contributed by atoms with van der Waals surface area (Å²) in [5, 5.41) is 0. The Bertz CT molecular complexity index is 1380. The number of imidazole rings is 2. The minimum atomic E-state index is -0.761. The van der Waals surface area contributed by atoms with Crippen LogP contribution in [0, 0.1) is 20.8 Å². The molecule has 0 aliphatic carbocycles. The summed E-state index contributed by atoms with van der Waals surface area (Å²) < 4.78 is 5.68. The molecule has 0 saturated heterocycles.